The Kier molecular flexibility index (Phi) is 5.27. The maximum absolute atomic E-state index is 12.5. The molecular weight excluding hydrogens is 352 g/mol. The summed E-state index contributed by atoms with van der Waals surface area (Å²) in [6, 6.07) is 0. The van der Waals surface area contributed by atoms with Gasteiger partial charge >= 0.3 is 11.9 Å². The first kappa shape index (κ1) is 19.8. The van der Waals surface area contributed by atoms with E-state index in [1.54, 1.807) is 19.9 Å². The van der Waals surface area contributed by atoms with Crippen molar-refractivity contribution < 1.29 is 33.7 Å². The van der Waals surface area contributed by atoms with Crippen LogP contribution in [0.5, 0.6) is 0 Å². The molecule has 7 nitrogen and oxygen atoms in total. The van der Waals surface area contributed by atoms with E-state index in [1.807, 2.05) is 6.92 Å². The van der Waals surface area contributed by atoms with Crippen molar-refractivity contribution in [3.63, 3.8) is 0 Å². The van der Waals surface area contributed by atoms with E-state index < -0.39 is 41.6 Å². The van der Waals surface area contributed by atoms with Crippen LogP contribution >= 0.6 is 0 Å². The van der Waals surface area contributed by atoms with Crippen LogP contribution in [0, 0.1) is 11.8 Å². The average molecular weight is 378 g/mol. The number of aliphatic hydroxyl groups is 1. The van der Waals surface area contributed by atoms with Gasteiger partial charge in [-0.05, 0) is 27.2 Å². The SMILES string of the molecule is C=C1C(=O)O[C@@H]2C[C@@H](CO)C(=O)C[C@H]3O[C@]3(C)CC(OC(=O)/C(C)=C/C)[C@@H]12. The number of esters is 2. The van der Waals surface area contributed by atoms with Crippen LogP contribution in [0.2, 0.25) is 0 Å². The lowest BCUT2D eigenvalue weighted by atomic mass is 9.79. The summed E-state index contributed by atoms with van der Waals surface area (Å²) in [5.41, 5.74) is 0.0564. The molecule has 1 unspecified atom stereocenters. The van der Waals surface area contributed by atoms with Crippen LogP contribution in [0.15, 0.2) is 23.8 Å². The fraction of sp³-hybridized carbons (Fsp3) is 0.650. The van der Waals surface area contributed by atoms with Gasteiger partial charge in [0.1, 0.15) is 18.0 Å². The lowest BCUT2D eigenvalue weighted by Crippen LogP contribution is -2.40. The first-order valence-electron chi connectivity index (χ1n) is 9.25. The second-order valence-electron chi connectivity index (χ2n) is 7.82. The molecular formula is C20H26O7. The molecule has 1 aliphatic carbocycles. The largest absolute Gasteiger partial charge is 0.458 e. The number of hydrogen-bond acceptors (Lipinski definition) is 7. The molecule has 0 aromatic heterocycles. The van der Waals surface area contributed by atoms with E-state index in [2.05, 4.69) is 6.58 Å². The number of aliphatic hydroxyl groups excluding tert-OH is 1. The van der Waals surface area contributed by atoms with E-state index in [-0.39, 0.29) is 36.9 Å². The number of carbonyl (C=O) groups excluding carboxylic acids is 3. The predicted molar refractivity (Wildman–Crippen MR) is 94.5 cm³/mol. The van der Waals surface area contributed by atoms with Gasteiger partial charge in [-0.3, -0.25) is 4.79 Å². The number of ether oxygens (including phenoxy) is 3. The molecule has 148 valence electrons. The van der Waals surface area contributed by atoms with Crippen molar-refractivity contribution in [1.29, 1.82) is 0 Å². The molecule has 3 fully saturated rings. The van der Waals surface area contributed by atoms with Gasteiger partial charge in [-0.1, -0.05) is 12.7 Å². The molecule has 1 N–H and O–H groups in total. The second-order valence-corrected chi connectivity index (χ2v) is 7.82. The zero-order chi connectivity index (χ0) is 19.9. The maximum atomic E-state index is 12.5. The number of carbonyl (C=O) groups is 3. The Bertz CT molecular complexity index is 709. The summed E-state index contributed by atoms with van der Waals surface area (Å²) in [6.07, 6.45) is 0.726. The summed E-state index contributed by atoms with van der Waals surface area (Å²) in [5, 5.41) is 9.65. The summed E-state index contributed by atoms with van der Waals surface area (Å²) in [6.45, 7) is 8.75. The van der Waals surface area contributed by atoms with Crippen molar-refractivity contribution in [3.8, 4) is 0 Å². The summed E-state index contributed by atoms with van der Waals surface area (Å²) >= 11 is 0. The summed E-state index contributed by atoms with van der Waals surface area (Å²) < 4.78 is 16.9. The Hall–Kier alpha value is -1.99. The highest BCUT2D eigenvalue weighted by Crippen LogP contribution is 2.48. The van der Waals surface area contributed by atoms with Gasteiger partial charge in [-0.15, -0.1) is 0 Å². The summed E-state index contributed by atoms with van der Waals surface area (Å²) in [7, 11) is 0. The number of rotatable bonds is 3. The van der Waals surface area contributed by atoms with E-state index in [9.17, 15) is 19.5 Å². The highest BCUT2D eigenvalue weighted by molar-refractivity contribution is 5.92. The summed E-state index contributed by atoms with van der Waals surface area (Å²) in [4.78, 5) is 37.0. The summed E-state index contributed by atoms with van der Waals surface area (Å²) in [5.74, 6) is -2.38. The normalized spacial score (nSPS) is 39.3. The van der Waals surface area contributed by atoms with Gasteiger partial charge < -0.3 is 19.3 Å². The smallest absolute Gasteiger partial charge is 0.334 e. The Morgan fingerprint density at radius 3 is 2.78 bits per heavy atom. The van der Waals surface area contributed by atoms with Gasteiger partial charge in [0, 0.05) is 29.9 Å². The molecule has 1 saturated carbocycles. The van der Waals surface area contributed by atoms with Crippen LogP contribution in [0.1, 0.15) is 40.0 Å². The lowest BCUT2D eigenvalue weighted by Gasteiger charge is -2.30. The topological polar surface area (TPSA) is 102 Å². The first-order valence-corrected chi connectivity index (χ1v) is 9.25. The van der Waals surface area contributed by atoms with Crippen molar-refractivity contribution in [1.82, 2.24) is 0 Å². The third-order valence-corrected chi connectivity index (χ3v) is 5.96. The quantitative estimate of drug-likeness (QED) is 0.451. The number of allylic oxidation sites excluding steroid dienone is 1. The average Bonchev–Trinajstić information content (AvgIpc) is 3.15. The molecule has 3 aliphatic rings. The van der Waals surface area contributed by atoms with E-state index in [0.717, 1.165) is 0 Å². The third-order valence-electron chi connectivity index (χ3n) is 5.96. The lowest BCUT2D eigenvalue weighted by molar-refractivity contribution is -0.150. The van der Waals surface area contributed by atoms with Crippen molar-refractivity contribution in [3.05, 3.63) is 23.8 Å². The standard InChI is InChI=1S/C20H26O7/c1-5-10(2)18(23)26-15-8-20(4)16(27-20)7-13(22)12(9-21)6-14-17(15)11(3)19(24)25-14/h5,12,14-17,21H,3,6-9H2,1-2,4H3/b10-5+/t12-,14+,15?,16+,17-,20+/m0/s1. The number of fused-ring (bicyclic) bond motifs is 2. The Labute approximate surface area is 158 Å². The maximum Gasteiger partial charge on any atom is 0.334 e. The highest BCUT2D eigenvalue weighted by Gasteiger charge is 2.58. The molecule has 0 bridgehead atoms. The minimum absolute atomic E-state index is 0.112. The zero-order valence-electron chi connectivity index (χ0n) is 15.9. The number of Topliss-reactive ketones (excluding diaryl/α,β-unsaturated/α-hetero) is 1. The number of ketones is 1. The molecule has 0 spiro atoms. The molecule has 0 aromatic rings. The van der Waals surface area contributed by atoms with Crippen LogP contribution < -0.4 is 0 Å². The molecule has 2 saturated heterocycles. The van der Waals surface area contributed by atoms with Crippen LogP contribution in [0.25, 0.3) is 0 Å². The van der Waals surface area contributed by atoms with E-state index >= 15 is 0 Å². The molecule has 0 aromatic carbocycles. The second kappa shape index (κ2) is 7.20. The Balaban J connectivity index is 1.94. The molecule has 27 heavy (non-hydrogen) atoms. The van der Waals surface area contributed by atoms with Crippen LogP contribution in [-0.4, -0.2) is 53.3 Å². The van der Waals surface area contributed by atoms with Crippen molar-refractivity contribution >= 4 is 17.7 Å². The van der Waals surface area contributed by atoms with Gasteiger partial charge in [0.05, 0.1) is 24.2 Å². The molecule has 2 aliphatic heterocycles. The minimum Gasteiger partial charge on any atom is -0.458 e. The van der Waals surface area contributed by atoms with E-state index in [1.165, 1.54) is 0 Å². The molecule has 0 radical (unpaired) electrons. The van der Waals surface area contributed by atoms with Gasteiger partial charge in [0.25, 0.3) is 0 Å². The Morgan fingerprint density at radius 2 is 2.15 bits per heavy atom. The minimum atomic E-state index is -0.672. The highest BCUT2D eigenvalue weighted by atomic mass is 16.6. The van der Waals surface area contributed by atoms with E-state index in [4.69, 9.17) is 14.2 Å². The van der Waals surface area contributed by atoms with Crippen LogP contribution in [0.4, 0.5) is 0 Å². The van der Waals surface area contributed by atoms with Crippen molar-refractivity contribution in [2.75, 3.05) is 6.61 Å². The van der Waals surface area contributed by atoms with Crippen LogP contribution in [-0.2, 0) is 28.6 Å². The van der Waals surface area contributed by atoms with Crippen molar-refractivity contribution in [2.45, 2.75) is 63.9 Å². The molecule has 7 heteroatoms. The molecule has 6 atom stereocenters. The van der Waals surface area contributed by atoms with Crippen LogP contribution in [0.3, 0.4) is 0 Å². The fourth-order valence-electron chi connectivity index (χ4n) is 3.96. The number of epoxide rings is 1. The molecule has 0 amide bonds. The van der Waals surface area contributed by atoms with Gasteiger partial charge in [-0.25, -0.2) is 9.59 Å². The van der Waals surface area contributed by atoms with E-state index in [0.29, 0.717) is 12.0 Å². The van der Waals surface area contributed by atoms with Gasteiger partial charge in [0.2, 0.25) is 0 Å². The number of hydrogen-bond donors (Lipinski definition) is 1. The molecule has 2 heterocycles. The fourth-order valence-corrected chi connectivity index (χ4v) is 3.96. The monoisotopic (exact) mass is 378 g/mol. The van der Waals surface area contributed by atoms with Gasteiger partial charge in [0.15, 0.2) is 0 Å². The first-order chi connectivity index (χ1) is 12.7. The molecule has 3 rings (SSSR count). The zero-order valence-corrected chi connectivity index (χ0v) is 15.9. The predicted octanol–water partition coefficient (Wildman–Crippen LogP) is 1.48. The van der Waals surface area contributed by atoms with Gasteiger partial charge in [-0.2, -0.15) is 0 Å². The van der Waals surface area contributed by atoms with Crippen molar-refractivity contribution in [2.24, 2.45) is 11.8 Å². The third kappa shape index (κ3) is 3.71. The Morgan fingerprint density at radius 1 is 1.44 bits per heavy atom.